The van der Waals surface area contributed by atoms with Crippen LogP contribution in [0.2, 0.25) is 0 Å². The number of amides is 1. The second-order valence-corrected chi connectivity index (χ2v) is 7.99. The average Bonchev–Trinajstić information content (AvgIpc) is 2.19. The normalized spacial score (nSPS) is 51.2. The molecule has 1 atom stereocenters. The van der Waals surface area contributed by atoms with Crippen molar-refractivity contribution in [3.05, 3.63) is 0 Å². The van der Waals surface area contributed by atoms with E-state index in [2.05, 4.69) is 21.2 Å². The van der Waals surface area contributed by atoms with Crippen molar-refractivity contribution >= 4 is 21.8 Å². The van der Waals surface area contributed by atoms with Gasteiger partial charge in [0, 0.05) is 12.5 Å². The predicted molar refractivity (Wildman–Crippen MR) is 70.3 cm³/mol. The molecule has 4 rings (SSSR count). The maximum absolute atomic E-state index is 11.8. The Morgan fingerprint density at radius 3 is 2.06 bits per heavy atom. The summed E-state index contributed by atoms with van der Waals surface area (Å²) in [6.45, 7) is 1.81. The lowest BCUT2D eigenvalue weighted by molar-refractivity contribution is -0.209. The van der Waals surface area contributed by atoms with Crippen LogP contribution in [0.4, 0.5) is 0 Å². The molecule has 4 saturated carbocycles. The van der Waals surface area contributed by atoms with Crippen molar-refractivity contribution in [2.24, 2.45) is 11.8 Å². The number of nitrogens with one attached hydrogen (secondary N) is 1. The monoisotopic (exact) mass is 317 g/mol. The van der Waals surface area contributed by atoms with Crippen molar-refractivity contribution in [3.8, 4) is 0 Å². The summed E-state index contributed by atoms with van der Waals surface area (Å²) in [5, 5.41) is 24.0. The van der Waals surface area contributed by atoms with Gasteiger partial charge in [-0.05, 0) is 44.4 Å². The molecule has 0 aliphatic heterocycles. The van der Waals surface area contributed by atoms with Gasteiger partial charge in [-0.15, -0.1) is 0 Å². The molecule has 0 aromatic carbocycles. The van der Waals surface area contributed by atoms with E-state index < -0.39 is 11.2 Å². The Morgan fingerprint density at radius 1 is 1.22 bits per heavy atom. The maximum atomic E-state index is 11.8. The number of aliphatic hydroxyl groups is 2. The first-order valence-electron chi connectivity index (χ1n) is 6.70. The van der Waals surface area contributed by atoms with Crippen LogP contribution in [0.25, 0.3) is 0 Å². The lowest BCUT2D eigenvalue weighted by Crippen LogP contribution is -2.67. The van der Waals surface area contributed by atoms with E-state index in [1.54, 1.807) is 0 Å². The molecule has 4 bridgehead atoms. The van der Waals surface area contributed by atoms with Gasteiger partial charge < -0.3 is 15.5 Å². The van der Waals surface area contributed by atoms with Gasteiger partial charge in [-0.2, -0.15) is 0 Å². The Kier molecular flexibility index (Phi) is 2.81. The molecule has 0 spiro atoms. The minimum absolute atomic E-state index is 0.00598. The van der Waals surface area contributed by atoms with Gasteiger partial charge in [0.05, 0.1) is 16.0 Å². The molecule has 0 radical (unpaired) electrons. The molecule has 4 fully saturated rings. The van der Waals surface area contributed by atoms with Crippen LogP contribution < -0.4 is 5.32 Å². The van der Waals surface area contributed by atoms with Gasteiger partial charge in [0.15, 0.2) is 0 Å². The van der Waals surface area contributed by atoms with Crippen molar-refractivity contribution in [3.63, 3.8) is 0 Å². The molecule has 4 aliphatic rings. The average molecular weight is 318 g/mol. The first kappa shape index (κ1) is 12.9. The summed E-state index contributed by atoms with van der Waals surface area (Å²) in [5.74, 6) is 0.444. The standard InChI is InChI=1S/C13H20BrNO3/c1-7(14)11(16)15-10-8-2-12(17)4-9(10)5-13(18,3-8)6-12/h7-10,17-18H,2-6H2,1H3,(H,15,16). The molecule has 0 saturated heterocycles. The number of carbonyl (C=O) groups is 1. The van der Waals surface area contributed by atoms with Crippen molar-refractivity contribution < 1.29 is 15.0 Å². The summed E-state index contributed by atoms with van der Waals surface area (Å²) in [4.78, 5) is 11.6. The van der Waals surface area contributed by atoms with Crippen molar-refractivity contribution in [2.45, 2.75) is 61.1 Å². The molecular formula is C13H20BrNO3. The van der Waals surface area contributed by atoms with Gasteiger partial charge in [-0.1, -0.05) is 15.9 Å². The molecule has 1 unspecified atom stereocenters. The van der Waals surface area contributed by atoms with E-state index in [0.717, 1.165) is 0 Å². The Hall–Kier alpha value is -0.130. The van der Waals surface area contributed by atoms with E-state index in [1.807, 2.05) is 6.92 Å². The summed E-state index contributed by atoms with van der Waals surface area (Å²) in [6, 6.07) is 0.123. The van der Waals surface area contributed by atoms with Gasteiger partial charge in [0.2, 0.25) is 5.91 Å². The van der Waals surface area contributed by atoms with Crippen LogP contribution in [-0.4, -0.2) is 38.2 Å². The van der Waals surface area contributed by atoms with Gasteiger partial charge >= 0.3 is 0 Å². The molecule has 1 amide bonds. The molecule has 102 valence electrons. The van der Waals surface area contributed by atoms with E-state index >= 15 is 0 Å². The van der Waals surface area contributed by atoms with Crippen LogP contribution in [-0.2, 0) is 4.79 Å². The van der Waals surface area contributed by atoms with Gasteiger partial charge in [0.1, 0.15) is 0 Å². The zero-order valence-corrected chi connectivity index (χ0v) is 12.1. The zero-order chi connectivity index (χ0) is 13.1. The van der Waals surface area contributed by atoms with E-state index in [4.69, 9.17) is 0 Å². The topological polar surface area (TPSA) is 69.6 Å². The van der Waals surface area contributed by atoms with E-state index in [0.29, 0.717) is 32.1 Å². The Bertz CT molecular complexity index is 348. The summed E-state index contributed by atoms with van der Waals surface area (Å²) < 4.78 is 0. The van der Waals surface area contributed by atoms with Crippen molar-refractivity contribution in [1.29, 1.82) is 0 Å². The Labute approximate surface area is 115 Å². The molecule has 0 heterocycles. The summed E-state index contributed by atoms with van der Waals surface area (Å²) in [7, 11) is 0. The number of carbonyl (C=O) groups excluding carboxylic acids is 1. The fourth-order valence-corrected chi connectivity index (χ4v) is 4.70. The maximum Gasteiger partial charge on any atom is 0.233 e. The third-order valence-electron chi connectivity index (χ3n) is 4.91. The zero-order valence-electron chi connectivity index (χ0n) is 10.5. The molecular weight excluding hydrogens is 298 g/mol. The molecule has 0 aromatic heterocycles. The predicted octanol–water partition coefficient (Wildman–Crippen LogP) is 0.940. The molecule has 4 nitrogen and oxygen atoms in total. The molecule has 18 heavy (non-hydrogen) atoms. The van der Waals surface area contributed by atoms with Crippen LogP contribution in [0.1, 0.15) is 39.0 Å². The Morgan fingerprint density at radius 2 is 1.67 bits per heavy atom. The van der Waals surface area contributed by atoms with Crippen LogP contribution in [0.5, 0.6) is 0 Å². The lowest BCUT2D eigenvalue weighted by atomic mass is 9.50. The second kappa shape index (κ2) is 3.93. The lowest BCUT2D eigenvalue weighted by Gasteiger charge is -2.61. The minimum Gasteiger partial charge on any atom is -0.390 e. The summed E-state index contributed by atoms with van der Waals surface area (Å²) in [5.41, 5.74) is -1.39. The highest BCUT2D eigenvalue weighted by Gasteiger charge is 2.60. The first-order chi connectivity index (χ1) is 8.30. The molecule has 3 N–H and O–H groups in total. The quantitative estimate of drug-likeness (QED) is 0.664. The van der Waals surface area contributed by atoms with Gasteiger partial charge in [-0.25, -0.2) is 0 Å². The van der Waals surface area contributed by atoms with Crippen LogP contribution in [0, 0.1) is 11.8 Å². The van der Waals surface area contributed by atoms with Crippen molar-refractivity contribution in [2.75, 3.05) is 0 Å². The first-order valence-corrected chi connectivity index (χ1v) is 7.61. The van der Waals surface area contributed by atoms with E-state index in [9.17, 15) is 15.0 Å². The van der Waals surface area contributed by atoms with Crippen LogP contribution in [0.3, 0.4) is 0 Å². The highest BCUT2D eigenvalue weighted by Crippen LogP contribution is 2.57. The highest BCUT2D eigenvalue weighted by molar-refractivity contribution is 9.10. The van der Waals surface area contributed by atoms with E-state index in [-0.39, 0.29) is 28.6 Å². The van der Waals surface area contributed by atoms with Crippen LogP contribution in [0.15, 0.2) is 0 Å². The summed E-state index contributed by atoms with van der Waals surface area (Å²) >= 11 is 3.28. The molecule has 4 aliphatic carbocycles. The van der Waals surface area contributed by atoms with Crippen LogP contribution >= 0.6 is 15.9 Å². The molecule has 5 heteroatoms. The summed E-state index contributed by atoms with van der Waals surface area (Å²) in [6.07, 6.45) is 3.38. The van der Waals surface area contributed by atoms with Gasteiger partial charge in [0.25, 0.3) is 0 Å². The Balaban J connectivity index is 1.78. The SMILES string of the molecule is CC(Br)C(=O)NC1C2CC3(O)CC1CC(O)(C2)C3. The second-order valence-electron chi connectivity index (χ2n) is 6.61. The number of rotatable bonds is 2. The number of hydrogen-bond acceptors (Lipinski definition) is 3. The number of halogens is 1. The fourth-order valence-electron chi connectivity index (χ4n) is 4.57. The minimum atomic E-state index is -0.693. The smallest absolute Gasteiger partial charge is 0.233 e. The van der Waals surface area contributed by atoms with E-state index in [1.165, 1.54) is 0 Å². The number of hydrogen-bond donors (Lipinski definition) is 3. The van der Waals surface area contributed by atoms with Crippen molar-refractivity contribution in [1.82, 2.24) is 5.32 Å². The molecule has 0 aromatic rings. The largest absolute Gasteiger partial charge is 0.390 e. The highest BCUT2D eigenvalue weighted by atomic mass is 79.9. The fraction of sp³-hybridized carbons (Fsp3) is 0.923. The third-order valence-corrected chi connectivity index (χ3v) is 5.33. The third kappa shape index (κ3) is 2.00. The van der Waals surface area contributed by atoms with Gasteiger partial charge in [-0.3, -0.25) is 4.79 Å². The number of alkyl halides is 1.